The Kier molecular flexibility index (Phi) is 8.34. The average molecular weight is 786 g/mol. The summed E-state index contributed by atoms with van der Waals surface area (Å²) >= 11 is 0. The molecule has 10 aromatic rings. The van der Waals surface area contributed by atoms with Crippen LogP contribution in [0.5, 0.6) is 0 Å². The Labute approximate surface area is 341 Å². The predicted octanol–water partition coefficient (Wildman–Crippen LogP) is 13.1. The Morgan fingerprint density at radius 3 is 1.57 bits per heavy atom. The quantitative estimate of drug-likeness (QED) is 0.163. The number of aromatic nitrogens is 5. The van der Waals surface area contributed by atoms with Crippen LogP contribution in [-0.4, -0.2) is 24.1 Å². The van der Waals surface area contributed by atoms with Crippen LogP contribution in [0, 0.1) is 31.8 Å². The van der Waals surface area contributed by atoms with Gasteiger partial charge in [-0.2, -0.15) is 18.4 Å². The number of alkyl halides is 3. The summed E-state index contributed by atoms with van der Waals surface area (Å²) < 4.78 is 52.8. The normalized spacial score (nSPS) is 11.7. The predicted molar refractivity (Wildman–Crippen MR) is 230 cm³/mol. The minimum Gasteiger partial charge on any atom is -0.309 e. The first-order chi connectivity index (χ1) is 29.1. The maximum atomic E-state index is 16.5. The molecule has 7 aromatic carbocycles. The topological polar surface area (TPSA) is 76.7 Å². The molecule has 0 atom stereocenters. The first kappa shape index (κ1) is 36.3. The van der Waals surface area contributed by atoms with E-state index in [0.717, 1.165) is 43.8 Å². The van der Waals surface area contributed by atoms with Gasteiger partial charge in [-0.25, -0.2) is 19.8 Å². The standard InChI is InChI=1S/C50H30F3N7/c1-29-56-30(2)58-49(57-29)36-26-46(59-42-16-6-4-14-38(42)40-20-18-34(24-44(40)59)32-11-8-10-31(22-32)28-54)48(50(51,52)53)47(27-36)60-43-17-7-5-15-39(43)41-21-19-35(25-45(41)60)33-12-9-13-37(23-33)55-3/h4-27H,1-2H3. The molecule has 0 spiro atoms. The van der Waals surface area contributed by atoms with Gasteiger partial charge >= 0.3 is 6.18 Å². The number of rotatable bonds is 5. The van der Waals surface area contributed by atoms with Crippen LogP contribution in [0.2, 0.25) is 0 Å². The molecular weight excluding hydrogens is 756 g/mol. The molecule has 286 valence electrons. The summed E-state index contributed by atoms with van der Waals surface area (Å²) in [6.07, 6.45) is -4.87. The maximum Gasteiger partial charge on any atom is 0.420 e. The van der Waals surface area contributed by atoms with Gasteiger partial charge < -0.3 is 9.13 Å². The monoisotopic (exact) mass is 785 g/mol. The molecule has 10 rings (SSSR count). The highest BCUT2D eigenvalue weighted by Crippen LogP contribution is 2.46. The molecule has 0 radical (unpaired) electrons. The van der Waals surface area contributed by atoms with Crippen molar-refractivity contribution in [1.29, 1.82) is 5.26 Å². The van der Waals surface area contributed by atoms with E-state index in [-0.39, 0.29) is 17.2 Å². The molecule has 0 aliphatic carbocycles. The third-order valence-electron chi connectivity index (χ3n) is 11.0. The van der Waals surface area contributed by atoms with Crippen molar-refractivity contribution in [2.75, 3.05) is 0 Å². The van der Waals surface area contributed by atoms with E-state index in [2.05, 4.69) is 25.9 Å². The number of nitrogens with zero attached hydrogens (tertiary/aromatic N) is 7. The lowest BCUT2D eigenvalue weighted by atomic mass is 10.0. The van der Waals surface area contributed by atoms with E-state index >= 15 is 13.2 Å². The molecular formula is C50H30F3N7. The zero-order valence-electron chi connectivity index (χ0n) is 32.1. The van der Waals surface area contributed by atoms with Crippen LogP contribution >= 0.6 is 0 Å². The lowest BCUT2D eigenvalue weighted by Gasteiger charge is -2.23. The fourth-order valence-corrected chi connectivity index (χ4v) is 8.47. The van der Waals surface area contributed by atoms with Crippen molar-refractivity contribution in [2.45, 2.75) is 20.0 Å². The van der Waals surface area contributed by atoms with Crippen LogP contribution in [0.4, 0.5) is 18.9 Å². The number of halogens is 3. The van der Waals surface area contributed by atoms with Crippen LogP contribution in [0.1, 0.15) is 22.8 Å². The van der Waals surface area contributed by atoms with Crippen molar-refractivity contribution in [3.63, 3.8) is 0 Å². The molecule has 0 aliphatic heterocycles. The van der Waals surface area contributed by atoms with Crippen molar-refractivity contribution in [1.82, 2.24) is 24.1 Å². The molecule has 60 heavy (non-hydrogen) atoms. The zero-order chi connectivity index (χ0) is 41.3. The molecule has 3 aromatic heterocycles. The van der Waals surface area contributed by atoms with E-state index in [4.69, 9.17) is 6.57 Å². The van der Waals surface area contributed by atoms with Gasteiger partial charge in [-0.15, -0.1) is 0 Å². The highest BCUT2D eigenvalue weighted by atomic mass is 19.4. The summed E-state index contributed by atoms with van der Waals surface area (Å²) in [7, 11) is 0. The summed E-state index contributed by atoms with van der Waals surface area (Å²) in [5, 5.41) is 12.8. The van der Waals surface area contributed by atoms with E-state index in [1.54, 1.807) is 59.4 Å². The first-order valence-electron chi connectivity index (χ1n) is 19.1. The molecule has 10 heteroatoms. The van der Waals surface area contributed by atoms with Crippen molar-refractivity contribution in [3.8, 4) is 51.1 Å². The number of hydrogen-bond donors (Lipinski definition) is 0. The summed E-state index contributed by atoms with van der Waals surface area (Å²) in [6.45, 7) is 11.1. The highest BCUT2D eigenvalue weighted by molar-refractivity contribution is 6.12. The Bertz CT molecular complexity index is 3270. The van der Waals surface area contributed by atoms with Gasteiger partial charge in [-0.3, -0.25) is 0 Å². The van der Waals surface area contributed by atoms with E-state index in [1.807, 2.05) is 97.1 Å². The largest absolute Gasteiger partial charge is 0.420 e. The van der Waals surface area contributed by atoms with Crippen LogP contribution in [-0.2, 0) is 6.18 Å². The van der Waals surface area contributed by atoms with Gasteiger partial charge in [0.2, 0.25) is 0 Å². The number of benzene rings is 7. The van der Waals surface area contributed by atoms with Crippen LogP contribution < -0.4 is 0 Å². The SMILES string of the molecule is [C-]#[N+]c1cccc(-c2ccc3c4ccccc4n(-c4cc(-c5nc(C)nc(C)n5)cc(-n5c6ccccc6c6ccc(-c7cccc(C#N)c7)cc65)c4C(F)(F)F)c3c2)c1. The lowest BCUT2D eigenvalue weighted by Crippen LogP contribution is -2.16. The molecule has 0 unspecified atom stereocenters. The molecule has 0 fully saturated rings. The molecule has 0 N–H and O–H groups in total. The molecule has 0 amide bonds. The van der Waals surface area contributed by atoms with Crippen LogP contribution in [0.25, 0.3) is 93.5 Å². The van der Waals surface area contributed by atoms with Gasteiger partial charge in [0.05, 0.1) is 51.6 Å². The second-order valence-corrected chi connectivity index (χ2v) is 14.7. The Morgan fingerprint density at radius 2 is 1.03 bits per heavy atom. The minimum atomic E-state index is -4.87. The third-order valence-corrected chi connectivity index (χ3v) is 11.0. The summed E-state index contributed by atoms with van der Waals surface area (Å²) in [5.74, 6) is 1.11. The number of hydrogen-bond acceptors (Lipinski definition) is 4. The van der Waals surface area contributed by atoms with Crippen LogP contribution in [0.3, 0.4) is 0 Å². The van der Waals surface area contributed by atoms with E-state index in [0.29, 0.717) is 50.5 Å². The molecule has 0 aliphatic rings. The van der Waals surface area contributed by atoms with Crippen LogP contribution in [0.15, 0.2) is 146 Å². The smallest absolute Gasteiger partial charge is 0.309 e. The average Bonchev–Trinajstić information content (AvgIpc) is 3.77. The van der Waals surface area contributed by atoms with E-state index in [9.17, 15) is 5.26 Å². The number of nitriles is 1. The highest BCUT2D eigenvalue weighted by Gasteiger charge is 2.40. The van der Waals surface area contributed by atoms with Crippen molar-refractivity contribution in [3.05, 3.63) is 180 Å². The molecule has 0 bridgehead atoms. The van der Waals surface area contributed by atoms with Gasteiger partial charge in [0.25, 0.3) is 0 Å². The zero-order valence-corrected chi connectivity index (χ0v) is 32.1. The van der Waals surface area contributed by atoms with Gasteiger partial charge in [0, 0.05) is 27.1 Å². The molecule has 0 saturated heterocycles. The van der Waals surface area contributed by atoms with Crippen molar-refractivity contribution in [2.24, 2.45) is 0 Å². The second kappa shape index (κ2) is 13.8. The van der Waals surface area contributed by atoms with Gasteiger partial charge in [0.15, 0.2) is 11.5 Å². The minimum absolute atomic E-state index is 0.104. The summed E-state index contributed by atoms with van der Waals surface area (Å²) in [6, 6.07) is 46.0. The molecule has 0 saturated carbocycles. The number of aryl methyl sites for hydroxylation is 2. The fraction of sp³-hybridized carbons (Fsp3) is 0.0600. The summed E-state index contributed by atoms with van der Waals surface area (Å²) in [4.78, 5) is 17.3. The van der Waals surface area contributed by atoms with Gasteiger partial charge in [-0.05, 0) is 90.7 Å². The maximum absolute atomic E-state index is 16.5. The van der Waals surface area contributed by atoms with Gasteiger partial charge in [0.1, 0.15) is 17.2 Å². The fourth-order valence-electron chi connectivity index (χ4n) is 8.47. The number of para-hydroxylation sites is 2. The lowest BCUT2D eigenvalue weighted by molar-refractivity contribution is -0.137. The summed E-state index contributed by atoms with van der Waals surface area (Å²) in [5.41, 5.74) is 5.54. The Balaban J connectivity index is 1.37. The van der Waals surface area contributed by atoms with Gasteiger partial charge in [-0.1, -0.05) is 91.0 Å². The Morgan fingerprint density at radius 1 is 0.533 bits per heavy atom. The van der Waals surface area contributed by atoms with Crippen molar-refractivity contribution >= 4 is 49.3 Å². The first-order valence-corrected chi connectivity index (χ1v) is 19.1. The second-order valence-electron chi connectivity index (χ2n) is 14.7. The third kappa shape index (κ3) is 5.93. The van der Waals surface area contributed by atoms with Crippen molar-refractivity contribution < 1.29 is 13.2 Å². The van der Waals surface area contributed by atoms with E-state index in [1.165, 1.54) is 12.1 Å². The Hall–Kier alpha value is -8.08. The molecule has 3 heterocycles. The van der Waals surface area contributed by atoms with E-state index < -0.39 is 11.7 Å². The number of fused-ring (bicyclic) bond motifs is 6. The molecule has 7 nitrogen and oxygen atoms in total.